The van der Waals surface area contributed by atoms with Crippen LogP contribution in [0.2, 0.25) is 0 Å². The molecule has 1 heterocycles. The van der Waals surface area contributed by atoms with Gasteiger partial charge in [0.2, 0.25) is 0 Å². The van der Waals surface area contributed by atoms with E-state index < -0.39 is 0 Å². The molecule has 132 valence electrons. The van der Waals surface area contributed by atoms with Gasteiger partial charge in [-0.3, -0.25) is 4.79 Å². The van der Waals surface area contributed by atoms with Crippen LogP contribution in [-0.4, -0.2) is 17.6 Å². The minimum Gasteiger partial charge on any atom is -0.465 e. The molecular weight excluding hydrogens is 326 g/mol. The van der Waals surface area contributed by atoms with Gasteiger partial charge in [-0.2, -0.15) is 0 Å². The summed E-state index contributed by atoms with van der Waals surface area (Å²) in [5, 5.41) is 0. The Hall–Kier alpha value is -3.14. The lowest BCUT2D eigenvalue weighted by Gasteiger charge is -2.14. The number of nitrogens with zero attached hydrogens (tertiary/aromatic N) is 1. The number of aromatic nitrogens is 1. The number of hydrogen-bond donors (Lipinski definition) is 0. The average Bonchev–Trinajstić information content (AvgIpc) is 2.68. The molecule has 1 aromatic heterocycles. The number of rotatable bonds is 5. The Morgan fingerprint density at radius 3 is 2.31 bits per heavy atom. The lowest BCUT2D eigenvalue weighted by Crippen LogP contribution is -2.23. The van der Waals surface area contributed by atoms with Crippen LogP contribution in [0.5, 0.6) is 0 Å². The second-order valence-electron chi connectivity index (χ2n) is 6.13. The fraction of sp³-hybridized carbons (Fsp3) is 0.182. The maximum Gasteiger partial charge on any atom is 0.337 e. The smallest absolute Gasteiger partial charge is 0.337 e. The van der Waals surface area contributed by atoms with Crippen molar-refractivity contribution in [2.45, 2.75) is 19.9 Å². The first kappa shape index (κ1) is 17.7. The minimum absolute atomic E-state index is 0.00615. The summed E-state index contributed by atoms with van der Waals surface area (Å²) >= 11 is 0. The van der Waals surface area contributed by atoms with Crippen molar-refractivity contribution in [3.63, 3.8) is 0 Å². The molecule has 2 aromatic carbocycles. The third kappa shape index (κ3) is 3.75. The third-order valence-corrected chi connectivity index (χ3v) is 4.54. The number of benzene rings is 2. The van der Waals surface area contributed by atoms with Gasteiger partial charge in [0, 0.05) is 23.9 Å². The molecule has 0 spiro atoms. The first-order chi connectivity index (χ1) is 12.6. The molecule has 0 aliphatic carbocycles. The van der Waals surface area contributed by atoms with E-state index in [2.05, 4.69) is 0 Å². The number of methoxy groups -OCH3 is 1. The minimum atomic E-state index is -0.348. The molecular formula is C22H21NO3. The highest BCUT2D eigenvalue weighted by Crippen LogP contribution is 2.21. The van der Waals surface area contributed by atoms with Gasteiger partial charge in [0.05, 0.1) is 12.7 Å². The van der Waals surface area contributed by atoms with Gasteiger partial charge < -0.3 is 9.30 Å². The molecule has 0 unspecified atom stereocenters. The summed E-state index contributed by atoms with van der Waals surface area (Å²) in [5.41, 5.74) is 4.69. The molecule has 0 fully saturated rings. The molecule has 0 atom stereocenters. The summed E-state index contributed by atoms with van der Waals surface area (Å²) in [7, 11) is 1.37. The zero-order chi connectivity index (χ0) is 18.5. The second-order valence-corrected chi connectivity index (χ2v) is 6.13. The number of esters is 1. The molecule has 3 rings (SSSR count). The van der Waals surface area contributed by atoms with E-state index in [0.717, 1.165) is 22.4 Å². The first-order valence-electron chi connectivity index (χ1n) is 8.53. The van der Waals surface area contributed by atoms with Crippen molar-refractivity contribution < 1.29 is 9.53 Å². The predicted octanol–water partition coefficient (Wildman–Crippen LogP) is 3.85. The van der Waals surface area contributed by atoms with E-state index in [1.807, 2.05) is 55.5 Å². The summed E-state index contributed by atoms with van der Waals surface area (Å²) < 4.78 is 6.51. The normalized spacial score (nSPS) is 10.5. The number of pyridine rings is 1. The van der Waals surface area contributed by atoms with Crippen LogP contribution in [0.1, 0.15) is 21.6 Å². The van der Waals surface area contributed by atoms with Crippen molar-refractivity contribution in [3.8, 4) is 11.1 Å². The van der Waals surface area contributed by atoms with Crippen LogP contribution in [0, 0.1) is 6.92 Å². The van der Waals surface area contributed by atoms with Gasteiger partial charge in [0.15, 0.2) is 0 Å². The van der Waals surface area contributed by atoms with Crippen LogP contribution >= 0.6 is 0 Å². The van der Waals surface area contributed by atoms with Crippen molar-refractivity contribution in [3.05, 3.63) is 93.9 Å². The number of carbonyl (C=O) groups excluding carboxylic acids is 1. The van der Waals surface area contributed by atoms with Crippen LogP contribution in [0.3, 0.4) is 0 Å². The third-order valence-electron chi connectivity index (χ3n) is 4.54. The Bertz CT molecular complexity index is 957. The predicted molar refractivity (Wildman–Crippen MR) is 102 cm³/mol. The van der Waals surface area contributed by atoms with Crippen LogP contribution in [0.25, 0.3) is 11.1 Å². The Labute approximate surface area is 152 Å². The summed E-state index contributed by atoms with van der Waals surface area (Å²) in [4.78, 5) is 23.8. The summed E-state index contributed by atoms with van der Waals surface area (Å²) in [5.74, 6) is -0.348. The molecule has 0 aliphatic heterocycles. The van der Waals surface area contributed by atoms with E-state index in [4.69, 9.17) is 4.74 Å². The SMILES string of the molecule is COC(=O)c1ccc(CCn2c(C)c(-c3ccccc3)ccc2=O)cc1. The number of hydrogen-bond acceptors (Lipinski definition) is 3. The van der Waals surface area contributed by atoms with Crippen molar-refractivity contribution in [2.24, 2.45) is 0 Å². The lowest BCUT2D eigenvalue weighted by atomic mass is 10.0. The average molecular weight is 347 g/mol. The van der Waals surface area contributed by atoms with Crippen LogP contribution in [0.15, 0.2) is 71.5 Å². The highest BCUT2D eigenvalue weighted by Gasteiger charge is 2.09. The van der Waals surface area contributed by atoms with E-state index >= 15 is 0 Å². The van der Waals surface area contributed by atoms with Crippen molar-refractivity contribution in [2.75, 3.05) is 7.11 Å². The Balaban J connectivity index is 1.82. The van der Waals surface area contributed by atoms with E-state index in [1.165, 1.54) is 7.11 Å². The summed E-state index contributed by atoms with van der Waals surface area (Å²) in [6.45, 7) is 2.56. The van der Waals surface area contributed by atoms with Gasteiger partial charge in [0.25, 0.3) is 5.56 Å². The number of ether oxygens (including phenoxy) is 1. The largest absolute Gasteiger partial charge is 0.465 e. The van der Waals surface area contributed by atoms with Gasteiger partial charge in [0.1, 0.15) is 0 Å². The molecule has 0 saturated heterocycles. The summed E-state index contributed by atoms with van der Waals surface area (Å²) in [6.07, 6.45) is 0.709. The van der Waals surface area contributed by atoms with Gasteiger partial charge >= 0.3 is 5.97 Å². The van der Waals surface area contributed by atoms with Gasteiger partial charge in [-0.1, -0.05) is 42.5 Å². The van der Waals surface area contributed by atoms with Crippen LogP contribution in [0.4, 0.5) is 0 Å². The van der Waals surface area contributed by atoms with Crippen molar-refractivity contribution in [1.82, 2.24) is 4.57 Å². The molecule has 0 aliphatic rings. The monoisotopic (exact) mass is 347 g/mol. The lowest BCUT2D eigenvalue weighted by molar-refractivity contribution is 0.0600. The van der Waals surface area contributed by atoms with E-state index in [9.17, 15) is 9.59 Å². The van der Waals surface area contributed by atoms with Gasteiger partial charge in [-0.15, -0.1) is 0 Å². The molecule has 0 amide bonds. The zero-order valence-electron chi connectivity index (χ0n) is 14.9. The molecule has 0 saturated carbocycles. The van der Waals surface area contributed by atoms with Gasteiger partial charge in [-0.05, 0) is 42.7 Å². The zero-order valence-corrected chi connectivity index (χ0v) is 14.9. The Morgan fingerprint density at radius 1 is 0.962 bits per heavy atom. The van der Waals surface area contributed by atoms with Crippen molar-refractivity contribution >= 4 is 5.97 Å². The second kappa shape index (κ2) is 7.83. The highest BCUT2D eigenvalue weighted by atomic mass is 16.5. The van der Waals surface area contributed by atoms with Crippen LogP contribution in [-0.2, 0) is 17.7 Å². The molecule has 4 nitrogen and oxygen atoms in total. The first-order valence-corrected chi connectivity index (χ1v) is 8.53. The number of carbonyl (C=O) groups is 1. The van der Waals surface area contributed by atoms with Gasteiger partial charge in [-0.25, -0.2) is 4.79 Å². The maximum atomic E-state index is 12.3. The fourth-order valence-corrected chi connectivity index (χ4v) is 3.04. The standard InChI is InChI=1S/C22H21NO3/c1-16-20(18-6-4-3-5-7-18)12-13-21(24)23(16)15-14-17-8-10-19(11-9-17)22(25)26-2/h3-13H,14-15H2,1-2H3. The van der Waals surface area contributed by atoms with Crippen LogP contribution < -0.4 is 5.56 Å². The summed E-state index contributed by atoms with van der Waals surface area (Å²) in [6, 6.07) is 20.8. The molecule has 0 radical (unpaired) electrons. The Kier molecular flexibility index (Phi) is 5.32. The molecule has 0 N–H and O–H groups in total. The molecule has 0 bridgehead atoms. The van der Waals surface area contributed by atoms with E-state index in [-0.39, 0.29) is 11.5 Å². The van der Waals surface area contributed by atoms with E-state index in [0.29, 0.717) is 18.5 Å². The maximum absolute atomic E-state index is 12.3. The molecule has 3 aromatic rings. The molecule has 4 heteroatoms. The van der Waals surface area contributed by atoms with Crippen molar-refractivity contribution in [1.29, 1.82) is 0 Å². The fourth-order valence-electron chi connectivity index (χ4n) is 3.04. The quantitative estimate of drug-likeness (QED) is 0.659. The molecule has 26 heavy (non-hydrogen) atoms. The highest BCUT2D eigenvalue weighted by molar-refractivity contribution is 5.89. The topological polar surface area (TPSA) is 48.3 Å². The van der Waals surface area contributed by atoms with E-state index in [1.54, 1.807) is 22.8 Å². The Morgan fingerprint density at radius 2 is 1.65 bits per heavy atom. The number of aryl methyl sites for hydroxylation is 1.